The molecule has 0 bridgehead atoms. The van der Waals surface area contributed by atoms with Gasteiger partial charge in [0.25, 0.3) is 0 Å². The fourth-order valence-electron chi connectivity index (χ4n) is 3.11. The van der Waals surface area contributed by atoms with Crippen LogP contribution in [0.15, 0.2) is 34.0 Å². The van der Waals surface area contributed by atoms with E-state index >= 15 is 0 Å². The van der Waals surface area contributed by atoms with Crippen LogP contribution in [0.4, 0.5) is 0 Å². The van der Waals surface area contributed by atoms with Crippen molar-refractivity contribution in [3.63, 3.8) is 0 Å². The van der Waals surface area contributed by atoms with Crippen molar-refractivity contribution >= 4 is 17.5 Å². The van der Waals surface area contributed by atoms with E-state index < -0.39 is 0 Å². The summed E-state index contributed by atoms with van der Waals surface area (Å²) in [6, 6.07) is 6.27. The number of hydrogen-bond acceptors (Lipinski definition) is 6. The van der Waals surface area contributed by atoms with E-state index in [1.165, 1.54) is 24.6 Å². The molecule has 0 saturated heterocycles. The fourth-order valence-corrected chi connectivity index (χ4v) is 3.87. The predicted octanol–water partition coefficient (Wildman–Crippen LogP) is 3.04. The number of hydrogen-bond donors (Lipinski definition) is 0. The highest BCUT2D eigenvalue weighted by Gasteiger charge is 2.28. The molecule has 0 aromatic carbocycles. The molecule has 3 aromatic heterocycles. The average Bonchev–Trinajstić information content (AvgIpc) is 3.00. The number of Topliss-reactive ketones (excluding diaryl/α,β-unsaturated/α-hetero) is 1. The molecule has 0 atom stereocenters. The van der Waals surface area contributed by atoms with Crippen LogP contribution in [0.3, 0.4) is 0 Å². The van der Waals surface area contributed by atoms with E-state index in [9.17, 15) is 4.79 Å². The van der Waals surface area contributed by atoms with E-state index in [-0.39, 0.29) is 5.78 Å². The second-order valence-corrected chi connectivity index (χ2v) is 7.24. The largest absolute Gasteiger partial charge is 0.467 e. The number of nitrogens with zero attached hydrogens (tertiary/aromatic N) is 5. The quantitative estimate of drug-likeness (QED) is 0.478. The molecule has 0 unspecified atom stereocenters. The van der Waals surface area contributed by atoms with Gasteiger partial charge in [-0.15, -0.1) is 5.10 Å². The number of furan rings is 1. The Morgan fingerprint density at radius 3 is 2.96 bits per heavy atom. The van der Waals surface area contributed by atoms with Gasteiger partial charge in [0.05, 0.1) is 12.0 Å². The normalized spacial score (nSPS) is 14.2. The van der Waals surface area contributed by atoms with Crippen LogP contribution >= 0.6 is 11.8 Å². The summed E-state index contributed by atoms with van der Waals surface area (Å²) in [5.74, 6) is 1.19. The minimum atomic E-state index is 0.109. The Hall–Kier alpha value is -2.35. The number of aryl methyl sites for hydroxylation is 1. The van der Waals surface area contributed by atoms with Crippen molar-refractivity contribution in [1.82, 2.24) is 24.8 Å². The number of aromatic nitrogens is 5. The van der Waals surface area contributed by atoms with Crippen LogP contribution < -0.4 is 0 Å². The van der Waals surface area contributed by atoms with Crippen molar-refractivity contribution in [2.24, 2.45) is 0 Å². The van der Waals surface area contributed by atoms with Crippen LogP contribution in [0.2, 0.25) is 0 Å². The van der Waals surface area contributed by atoms with Gasteiger partial charge in [-0.3, -0.25) is 4.79 Å². The highest BCUT2D eigenvalue weighted by molar-refractivity contribution is 7.99. The Morgan fingerprint density at radius 2 is 2.24 bits per heavy atom. The van der Waals surface area contributed by atoms with Gasteiger partial charge in [-0.2, -0.15) is 0 Å². The Labute approximate surface area is 149 Å². The lowest BCUT2D eigenvalue weighted by Gasteiger charge is -2.07. The summed E-state index contributed by atoms with van der Waals surface area (Å²) < 4.78 is 9.25. The molecule has 0 amide bonds. The SMILES string of the molecule is Cc1cc(C(=O)CSc2nnnn2Cc2ccco2)c(C)n1C1CC1. The topological polar surface area (TPSA) is 78.7 Å². The van der Waals surface area contributed by atoms with E-state index in [1.54, 1.807) is 10.9 Å². The maximum absolute atomic E-state index is 12.7. The Morgan fingerprint density at radius 1 is 1.40 bits per heavy atom. The second kappa shape index (κ2) is 6.51. The summed E-state index contributed by atoms with van der Waals surface area (Å²) in [5.41, 5.74) is 3.04. The molecule has 7 nitrogen and oxygen atoms in total. The number of thioether (sulfide) groups is 1. The number of tetrazole rings is 1. The molecule has 1 saturated carbocycles. The summed E-state index contributed by atoms with van der Waals surface area (Å²) in [4.78, 5) is 12.7. The molecule has 8 heteroatoms. The summed E-state index contributed by atoms with van der Waals surface area (Å²) in [6.07, 6.45) is 4.03. The molecule has 3 heterocycles. The van der Waals surface area contributed by atoms with Crippen LogP contribution in [0.25, 0.3) is 0 Å². The first kappa shape index (κ1) is 16.1. The number of carbonyl (C=O) groups is 1. The number of ketones is 1. The highest BCUT2D eigenvalue weighted by Crippen LogP contribution is 2.38. The van der Waals surface area contributed by atoms with Gasteiger partial charge in [0.1, 0.15) is 12.3 Å². The van der Waals surface area contributed by atoms with Gasteiger partial charge < -0.3 is 8.98 Å². The lowest BCUT2D eigenvalue weighted by molar-refractivity contribution is 0.102. The zero-order chi connectivity index (χ0) is 17.4. The molecule has 1 aliphatic carbocycles. The van der Waals surface area contributed by atoms with E-state index in [4.69, 9.17) is 4.42 Å². The minimum absolute atomic E-state index is 0.109. The van der Waals surface area contributed by atoms with Gasteiger partial charge in [0.15, 0.2) is 5.78 Å². The first-order valence-electron chi connectivity index (χ1n) is 8.26. The van der Waals surface area contributed by atoms with Crippen LogP contribution in [-0.2, 0) is 6.54 Å². The van der Waals surface area contributed by atoms with Crippen molar-refractivity contribution in [2.75, 3.05) is 5.75 Å². The Kier molecular flexibility index (Phi) is 4.20. The van der Waals surface area contributed by atoms with Crippen molar-refractivity contribution in [1.29, 1.82) is 0 Å². The monoisotopic (exact) mass is 357 g/mol. The maximum Gasteiger partial charge on any atom is 0.210 e. The molecule has 1 aliphatic rings. The first-order chi connectivity index (χ1) is 12.1. The first-order valence-corrected chi connectivity index (χ1v) is 9.25. The Bertz CT molecular complexity index is 892. The van der Waals surface area contributed by atoms with Gasteiger partial charge >= 0.3 is 0 Å². The van der Waals surface area contributed by atoms with Crippen molar-refractivity contribution < 1.29 is 9.21 Å². The van der Waals surface area contributed by atoms with Crippen LogP contribution in [-0.4, -0.2) is 36.3 Å². The fraction of sp³-hybridized carbons (Fsp3) is 0.412. The van der Waals surface area contributed by atoms with Crippen LogP contribution in [0.1, 0.15) is 46.4 Å². The van der Waals surface area contributed by atoms with Crippen molar-refractivity contribution in [2.45, 2.75) is 44.4 Å². The molecule has 0 spiro atoms. The summed E-state index contributed by atoms with van der Waals surface area (Å²) in [7, 11) is 0. The molecule has 0 radical (unpaired) electrons. The molecule has 3 aromatic rings. The van der Waals surface area contributed by atoms with Crippen molar-refractivity contribution in [3.05, 3.63) is 47.2 Å². The van der Waals surface area contributed by atoms with Crippen LogP contribution in [0, 0.1) is 13.8 Å². The second-order valence-electron chi connectivity index (χ2n) is 6.30. The van der Waals surface area contributed by atoms with E-state index in [1.807, 2.05) is 25.1 Å². The van der Waals surface area contributed by atoms with Gasteiger partial charge in [0.2, 0.25) is 5.16 Å². The molecular weight excluding hydrogens is 338 g/mol. The number of rotatable bonds is 7. The van der Waals surface area contributed by atoms with Gasteiger partial charge in [0, 0.05) is 23.0 Å². The molecule has 130 valence electrons. The molecule has 1 fully saturated rings. The summed E-state index contributed by atoms with van der Waals surface area (Å²) in [5, 5.41) is 12.3. The van der Waals surface area contributed by atoms with E-state index in [0.29, 0.717) is 23.5 Å². The van der Waals surface area contributed by atoms with Crippen LogP contribution in [0.5, 0.6) is 0 Å². The molecule has 4 rings (SSSR count). The van der Waals surface area contributed by atoms with Crippen molar-refractivity contribution in [3.8, 4) is 0 Å². The third-order valence-electron chi connectivity index (χ3n) is 4.41. The molecular formula is C17H19N5O2S. The van der Waals surface area contributed by atoms with Gasteiger partial charge in [-0.1, -0.05) is 11.8 Å². The summed E-state index contributed by atoms with van der Waals surface area (Å²) >= 11 is 1.35. The minimum Gasteiger partial charge on any atom is -0.467 e. The highest BCUT2D eigenvalue weighted by atomic mass is 32.2. The average molecular weight is 357 g/mol. The lowest BCUT2D eigenvalue weighted by atomic mass is 10.2. The molecule has 0 aliphatic heterocycles. The lowest BCUT2D eigenvalue weighted by Crippen LogP contribution is -2.08. The third kappa shape index (κ3) is 3.26. The van der Waals surface area contributed by atoms with Gasteiger partial charge in [-0.05, 0) is 55.3 Å². The third-order valence-corrected chi connectivity index (χ3v) is 5.37. The standard InChI is InChI=1S/C17H19N5O2S/c1-11-8-15(12(2)22(11)13-5-6-13)16(23)10-25-17-18-19-20-21(17)9-14-4-3-7-24-14/h3-4,7-8,13H,5-6,9-10H2,1-2H3. The molecule has 25 heavy (non-hydrogen) atoms. The van der Waals surface area contributed by atoms with E-state index in [2.05, 4.69) is 27.0 Å². The Balaban J connectivity index is 1.44. The summed E-state index contributed by atoms with van der Waals surface area (Å²) in [6.45, 7) is 4.55. The maximum atomic E-state index is 12.7. The zero-order valence-corrected chi connectivity index (χ0v) is 15.0. The molecule has 0 N–H and O–H groups in total. The van der Waals surface area contributed by atoms with E-state index in [0.717, 1.165) is 22.7 Å². The predicted molar refractivity (Wildman–Crippen MR) is 92.9 cm³/mol. The number of carbonyl (C=O) groups excluding carboxylic acids is 1. The van der Waals surface area contributed by atoms with Gasteiger partial charge in [-0.25, -0.2) is 4.68 Å². The zero-order valence-electron chi connectivity index (χ0n) is 14.2. The smallest absolute Gasteiger partial charge is 0.210 e.